The van der Waals surface area contributed by atoms with Crippen molar-refractivity contribution in [2.45, 2.75) is 12.8 Å². The van der Waals surface area contributed by atoms with Gasteiger partial charge in [0, 0.05) is 13.1 Å². The topological polar surface area (TPSA) is 32.3 Å². The Kier molecular flexibility index (Phi) is 3.36. The molecule has 3 nitrogen and oxygen atoms in total. The zero-order valence-electron chi connectivity index (χ0n) is 7.05. The SMILES string of the molecule is CN1CCC[C@@H](CNC=O)C1. The average molecular weight is 156 g/mol. The molecule has 1 N–H and O–H groups in total. The number of nitrogens with one attached hydrogen (secondary N) is 1. The standard InChI is InChI=1S/C8H16N2O/c1-10-4-2-3-8(6-10)5-9-7-11/h7-8H,2-6H2,1H3,(H,9,11)/t8-/m0/s1. The molecule has 11 heavy (non-hydrogen) atoms. The van der Waals surface area contributed by atoms with Crippen molar-refractivity contribution in [2.75, 3.05) is 26.7 Å². The predicted molar refractivity (Wildman–Crippen MR) is 44.3 cm³/mol. The quantitative estimate of drug-likeness (QED) is 0.587. The summed E-state index contributed by atoms with van der Waals surface area (Å²) in [6.07, 6.45) is 3.31. The molecule has 1 aliphatic rings. The molecule has 0 radical (unpaired) electrons. The molecule has 0 aromatic heterocycles. The number of hydrogen-bond acceptors (Lipinski definition) is 2. The van der Waals surface area contributed by atoms with Gasteiger partial charge in [0.1, 0.15) is 0 Å². The third kappa shape index (κ3) is 2.89. The van der Waals surface area contributed by atoms with Crippen LogP contribution in [0.5, 0.6) is 0 Å². The van der Waals surface area contributed by atoms with Crippen LogP contribution in [0.4, 0.5) is 0 Å². The van der Waals surface area contributed by atoms with Gasteiger partial charge in [0.05, 0.1) is 0 Å². The number of amides is 1. The van der Waals surface area contributed by atoms with Crippen molar-refractivity contribution in [1.29, 1.82) is 0 Å². The molecule has 1 saturated heterocycles. The minimum atomic E-state index is 0.666. The summed E-state index contributed by atoms with van der Waals surface area (Å²) in [6.45, 7) is 3.17. The van der Waals surface area contributed by atoms with Crippen LogP contribution < -0.4 is 5.32 Å². The molecule has 1 amide bonds. The van der Waals surface area contributed by atoms with Crippen LogP contribution in [0.25, 0.3) is 0 Å². The lowest BCUT2D eigenvalue weighted by molar-refractivity contribution is -0.109. The molecule has 0 spiro atoms. The highest BCUT2D eigenvalue weighted by Crippen LogP contribution is 2.13. The summed E-state index contributed by atoms with van der Waals surface area (Å²) < 4.78 is 0. The maximum Gasteiger partial charge on any atom is 0.207 e. The van der Waals surface area contributed by atoms with E-state index in [1.54, 1.807) is 0 Å². The van der Waals surface area contributed by atoms with Crippen molar-refractivity contribution in [3.63, 3.8) is 0 Å². The van der Waals surface area contributed by atoms with E-state index in [1.807, 2.05) is 0 Å². The lowest BCUT2D eigenvalue weighted by atomic mass is 9.99. The molecule has 0 aliphatic carbocycles. The van der Waals surface area contributed by atoms with Crippen molar-refractivity contribution >= 4 is 6.41 Å². The van der Waals surface area contributed by atoms with Gasteiger partial charge in [-0.15, -0.1) is 0 Å². The van der Waals surface area contributed by atoms with Gasteiger partial charge in [-0.25, -0.2) is 0 Å². The van der Waals surface area contributed by atoms with E-state index in [2.05, 4.69) is 17.3 Å². The highest BCUT2D eigenvalue weighted by atomic mass is 16.1. The lowest BCUT2D eigenvalue weighted by Gasteiger charge is -2.29. The highest BCUT2D eigenvalue weighted by molar-refractivity contribution is 5.45. The normalized spacial score (nSPS) is 26.5. The highest BCUT2D eigenvalue weighted by Gasteiger charge is 2.15. The summed E-state index contributed by atoms with van der Waals surface area (Å²) in [4.78, 5) is 12.3. The second-order valence-corrected chi connectivity index (χ2v) is 3.30. The average Bonchev–Trinajstić information content (AvgIpc) is 2.01. The Morgan fingerprint density at radius 1 is 1.73 bits per heavy atom. The monoisotopic (exact) mass is 156 g/mol. The molecule has 1 rings (SSSR count). The van der Waals surface area contributed by atoms with Crippen LogP contribution in [0.3, 0.4) is 0 Å². The molecular weight excluding hydrogens is 140 g/mol. The second kappa shape index (κ2) is 4.34. The molecule has 1 fully saturated rings. The van der Waals surface area contributed by atoms with Crippen molar-refractivity contribution in [1.82, 2.24) is 10.2 Å². The predicted octanol–water partition coefficient (Wildman–Crippen LogP) is 0.0742. The third-order valence-electron chi connectivity index (χ3n) is 2.21. The molecule has 0 aromatic carbocycles. The maximum absolute atomic E-state index is 10.0. The minimum absolute atomic E-state index is 0.666. The molecule has 3 heteroatoms. The van der Waals surface area contributed by atoms with Gasteiger partial charge in [0.25, 0.3) is 0 Å². The lowest BCUT2D eigenvalue weighted by Crippen LogP contribution is -2.36. The summed E-state index contributed by atoms with van der Waals surface area (Å²) in [7, 11) is 2.13. The van der Waals surface area contributed by atoms with E-state index in [0.717, 1.165) is 19.5 Å². The van der Waals surface area contributed by atoms with Crippen LogP contribution in [0.2, 0.25) is 0 Å². The van der Waals surface area contributed by atoms with Gasteiger partial charge in [0.15, 0.2) is 0 Å². The van der Waals surface area contributed by atoms with E-state index in [9.17, 15) is 4.79 Å². The van der Waals surface area contributed by atoms with E-state index in [0.29, 0.717) is 5.92 Å². The van der Waals surface area contributed by atoms with E-state index < -0.39 is 0 Å². The third-order valence-corrected chi connectivity index (χ3v) is 2.21. The minimum Gasteiger partial charge on any atom is -0.358 e. The molecule has 1 atom stereocenters. The summed E-state index contributed by atoms with van der Waals surface area (Å²) in [6, 6.07) is 0. The van der Waals surface area contributed by atoms with E-state index in [1.165, 1.54) is 19.4 Å². The maximum atomic E-state index is 10.0. The first kappa shape index (κ1) is 8.53. The van der Waals surface area contributed by atoms with Gasteiger partial charge in [-0.05, 0) is 32.4 Å². The first-order valence-corrected chi connectivity index (χ1v) is 4.18. The molecule has 0 unspecified atom stereocenters. The first-order chi connectivity index (χ1) is 5.33. The fraction of sp³-hybridized carbons (Fsp3) is 0.875. The van der Waals surface area contributed by atoms with Crippen LogP contribution in [0.1, 0.15) is 12.8 Å². The van der Waals surface area contributed by atoms with Gasteiger partial charge in [-0.2, -0.15) is 0 Å². The van der Waals surface area contributed by atoms with Gasteiger partial charge in [0.2, 0.25) is 6.41 Å². The van der Waals surface area contributed by atoms with E-state index in [-0.39, 0.29) is 0 Å². The second-order valence-electron chi connectivity index (χ2n) is 3.30. The zero-order valence-corrected chi connectivity index (χ0v) is 7.05. The Balaban J connectivity index is 2.17. The largest absolute Gasteiger partial charge is 0.358 e. The Morgan fingerprint density at radius 3 is 3.18 bits per heavy atom. The van der Waals surface area contributed by atoms with Gasteiger partial charge < -0.3 is 10.2 Å². The fourth-order valence-electron chi connectivity index (χ4n) is 1.65. The van der Waals surface area contributed by atoms with Crippen molar-refractivity contribution in [3.05, 3.63) is 0 Å². The van der Waals surface area contributed by atoms with Crippen LogP contribution in [0.15, 0.2) is 0 Å². The van der Waals surface area contributed by atoms with Crippen molar-refractivity contribution < 1.29 is 4.79 Å². The van der Waals surface area contributed by atoms with Crippen LogP contribution in [-0.4, -0.2) is 38.0 Å². The summed E-state index contributed by atoms with van der Waals surface area (Å²) >= 11 is 0. The first-order valence-electron chi connectivity index (χ1n) is 4.18. The smallest absolute Gasteiger partial charge is 0.207 e. The fourth-order valence-corrected chi connectivity index (χ4v) is 1.65. The Morgan fingerprint density at radius 2 is 2.55 bits per heavy atom. The Bertz CT molecular complexity index is 127. The molecule has 64 valence electrons. The van der Waals surface area contributed by atoms with E-state index >= 15 is 0 Å². The molecule has 0 saturated carbocycles. The van der Waals surface area contributed by atoms with Crippen molar-refractivity contribution in [2.24, 2.45) is 5.92 Å². The molecule has 0 aromatic rings. The number of hydrogen-bond donors (Lipinski definition) is 1. The summed E-state index contributed by atoms with van der Waals surface area (Å²) in [5, 5.41) is 2.73. The number of carbonyl (C=O) groups is 1. The van der Waals surface area contributed by atoms with E-state index in [4.69, 9.17) is 0 Å². The molecule has 1 aliphatic heterocycles. The van der Waals surface area contributed by atoms with Crippen LogP contribution in [0, 0.1) is 5.92 Å². The van der Waals surface area contributed by atoms with Gasteiger partial charge in [-0.1, -0.05) is 0 Å². The number of carbonyl (C=O) groups excluding carboxylic acids is 1. The van der Waals surface area contributed by atoms with Gasteiger partial charge >= 0.3 is 0 Å². The molecule has 1 heterocycles. The molecule has 0 bridgehead atoms. The van der Waals surface area contributed by atoms with Crippen LogP contribution in [-0.2, 0) is 4.79 Å². The van der Waals surface area contributed by atoms with Crippen LogP contribution >= 0.6 is 0 Å². The van der Waals surface area contributed by atoms with Crippen molar-refractivity contribution in [3.8, 4) is 0 Å². The number of nitrogens with zero attached hydrogens (tertiary/aromatic N) is 1. The number of likely N-dealkylation sites (tertiary alicyclic amines) is 1. The summed E-state index contributed by atoms with van der Waals surface area (Å²) in [5.74, 6) is 0.666. The Hall–Kier alpha value is -0.570. The Labute approximate surface area is 67.8 Å². The number of rotatable bonds is 3. The molecular formula is C8H16N2O. The zero-order chi connectivity index (χ0) is 8.10. The van der Waals surface area contributed by atoms with Gasteiger partial charge in [-0.3, -0.25) is 4.79 Å². The summed E-state index contributed by atoms with van der Waals surface area (Å²) in [5.41, 5.74) is 0. The number of piperidine rings is 1.